The second-order valence-electron chi connectivity index (χ2n) is 4.62. The van der Waals surface area contributed by atoms with Crippen LogP contribution < -0.4 is 5.01 Å². The summed E-state index contributed by atoms with van der Waals surface area (Å²) in [4.78, 5) is 4.47. The van der Waals surface area contributed by atoms with E-state index < -0.39 is 0 Å². The highest BCUT2D eigenvalue weighted by Gasteiger charge is 2.25. The van der Waals surface area contributed by atoms with Gasteiger partial charge in [-0.1, -0.05) is 46.2 Å². The number of nitrogens with zero attached hydrogens (tertiary/aromatic N) is 3. The lowest BCUT2D eigenvalue weighted by atomic mass is 10.1. The van der Waals surface area contributed by atoms with Crippen molar-refractivity contribution in [3.8, 4) is 0 Å². The second-order valence-corrected chi connectivity index (χ2v) is 4.62. The highest BCUT2D eigenvalue weighted by molar-refractivity contribution is 6.03. The van der Waals surface area contributed by atoms with Crippen molar-refractivity contribution in [3.05, 3.63) is 35.5 Å². The second kappa shape index (κ2) is 10.6. The standard InChI is InChI=1S/C13H15N3O.C3H8.C2H6/c1-9(2)12-13(17-4)15-10-7-5-6-8-11(10)16(12)14-3;1-3-2;1-2/h5-8H,3H2,1-2,4H3;3H2,1-2H3;1-2H3. The number of anilines is 1. The van der Waals surface area contributed by atoms with Crippen molar-refractivity contribution in [2.45, 2.75) is 48.0 Å². The quantitative estimate of drug-likeness (QED) is 0.639. The summed E-state index contributed by atoms with van der Waals surface area (Å²) in [7, 11) is 1.61. The zero-order valence-corrected chi connectivity index (χ0v) is 15.0. The van der Waals surface area contributed by atoms with Crippen molar-refractivity contribution in [2.75, 3.05) is 12.1 Å². The van der Waals surface area contributed by atoms with Crippen molar-refractivity contribution in [1.82, 2.24) is 0 Å². The minimum Gasteiger partial charge on any atom is -0.479 e. The van der Waals surface area contributed by atoms with Crippen LogP contribution in [0, 0.1) is 0 Å². The summed E-state index contributed by atoms with van der Waals surface area (Å²) in [6.07, 6.45) is 1.25. The third-order valence-corrected chi connectivity index (χ3v) is 2.55. The number of allylic oxidation sites excluding steroid dienone is 1. The van der Waals surface area contributed by atoms with Gasteiger partial charge in [0.25, 0.3) is 0 Å². The SMILES string of the molecule is C=NN1C(=C(C)C)C(OC)=Nc2ccccc21.CC.CCC. The molecule has 0 aromatic heterocycles. The molecule has 4 heteroatoms. The van der Waals surface area contributed by atoms with E-state index in [-0.39, 0.29) is 0 Å². The maximum absolute atomic E-state index is 5.32. The van der Waals surface area contributed by atoms with Crippen LogP contribution >= 0.6 is 0 Å². The molecule has 1 aliphatic heterocycles. The topological polar surface area (TPSA) is 37.2 Å². The lowest BCUT2D eigenvalue weighted by Crippen LogP contribution is -2.27. The molecule has 4 nitrogen and oxygen atoms in total. The molecule has 0 unspecified atom stereocenters. The summed E-state index contributed by atoms with van der Waals surface area (Å²) in [5, 5.41) is 5.81. The monoisotopic (exact) mass is 303 g/mol. The first kappa shape index (κ1) is 19.9. The van der Waals surface area contributed by atoms with Gasteiger partial charge in [-0.2, -0.15) is 5.10 Å². The fourth-order valence-corrected chi connectivity index (χ4v) is 1.83. The van der Waals surface area contributed by atoms with Crippen molar-refractivity contribution < 1.29 is 4.74 Å². The molecule has 0 amide bonds. The molecule has 0 fully saturated rings. The Morgan fingerprint density at radius 2 is 1.77 bits per heavy atom. The third kappa shape index (κ3) is 4.72. The Kier molecular flexibility index (Phi) is 9.59. The zero-order chi connectivity index (χ0) is 17.1. The van der Waals surface area contributed by atoms with E-state index in [0.29, 0.717) is 5.90 Å². The van der Waals surface area contributed by atoms with Crippen molar-refractivity contribution >= 4 is 24.0 Å². The number of hydrogen-bond acceptors (Lipinski definition) is 4. The van der Waals surface area contributed by atoms with Gasteiger partial charge in [-0.05, 0) is 31.6 Å². The maximum atomic E-state index is 5.32. The van der Waals surface area contributed by atoms with Crippen molar-refractivity contribution in [3.63, 3.8) is 0 Å². The molecule has 0 saturated heterocycles. The fourth-order valence-electron chi connectivity index (χ4n) is 1.83. The van der Waals surface area contributed by atoms with E-state index in [1.54, 1.807) is 12.1 Å². The van der Waals surface area contributed by atoms with Crippen molar-refractivity contribution in [1.29, 1.82) is 0 Å². The normalized spacial score (nSPS) is 11.9. The van der Waals surface area contributed by atoms with Crippen LogP contribution in [0.25, 0.3) is 0 Å². The highest BCUT2D eigenvalue weighted by Crippen LogP contribution is 2.37. The van der Waals surface area contributed by atoms with Gasteiger partial charge in [0.1, 0.15) is 5.70 Å². The van der Waals surface area contributed by atoms with Crippen LogP contribution in [0.2, 0.25) is 0 Å². The number of ether oxygens (including phenoxy) is 1. The smallest absolute Gasteiger partial charge is 0.240 e. The molecule has 1 heterocycles. The Labute approximate surface area is 135 Å². The molecule has 0 saturated carbocycles. The minimum atomic E-state index is 0.566. The summed E-state index contributed by atoms with van der Waals surface area (Å²) >= 11 is 0. The van der Waals surface area contributed by atoms with E-state index in [9.17, 15) is 0 Å². The van der Waals surface area contributed by atoms with Gasteiger partial charge in [0, 0.05) is 6.72 Å². The van der Waals surface area contributed by atoms with Crippen LogP contribution in [0.15, 0.2) is 45.6 Å². The molecule has 0 atom stereocenters. The maximum Gasteiger partial charge on any atom is 0.240 e. The Morgan fingerprint density at radius 1 is 1.23 bits per heavy atom. The molecule has 1 aromatic carbocycles. The summed E-state index contributed by atoms with van der Waals surface area (Å²) in [6, 6.07) is 7.77. The van der Waals surface area contributed by atoms with Gasteiger partial charge in [-0.3, -0.25) is 0 Å². The molecule has 0 N–H and O–H groups in total. The number of hydrazone groups is 1. The largest absolute Gasteiger partial charge is 0.479 e. The molecular weight excluding hydrogens is 274 g/mol. The molecule has 0 spiro atoms. The third-order valence-electron chi connectivity index (χ3n) is 2.55. The van der Waals surface area contributed by atoms with Gasteiger partial charge in [-0.15, -0.1) is 0 Å². The zero-order valence-electron chi connectivity index (χ0n) is 15.0. The van der Waals surface area contributed by atoms with Crippen LogP contribution in [0.4, 0.5) is 11.4 Å². The van der Waals surface area contributed by atoms with E-state index >= 15 is 0 Å². The molecule has 22 heavy (non-hydrogen) atoms. The summed E-state index contributed by atoms with van der Waals surface area (Å²) in [6.45, 7) is 15.9. The summed E-state index contributed by atoms with van der Waals surface area (Å²) in [5.41, 5.74) is 3.68. The predicted octanol–water partition coefficient (Wildman–Crippen LogP) is 5.54. The van der Waals surface area contributed by atoms with Crippen LogP contribution in [-0.2, 0) is 4.74 Å². The van der Waals surface area contributed by atoms with Gasteiger partial charge in [0.05, 0.1) is 18.5 Å². The number of benzene rings is 1. The summed E-state index contributed by atoms with van der Waals surface area (Å²) < 4.78 is 5.32. The summed E-state index contributed by atoms with van der Waals surface area (Å²) in [5.74, 6) is 0.566. The highest BCUT2D eigenvalue weighted by atomic mass is 16.5. The lowest BCUT2D eigenvalue weighted by molar-refractivity contribution is 0.401. The minimum absolute atomic E-state index is 0.566. The van der Waals surface area contributed by atoms with E-state index in [1.807, 2.05) is 52.0 Å². The van der Waals surface area contributed by atoms with Gasteiger partial charge >= 0.3 is 0 Å². The first-order chi connectivity index (χ1) is 10.6. The molecule has 1 aliphatic rings. The average molecular weight is 303 g/mol. The number of aliphatic imine (C=N–C) groups is 1. The number of para-hydroxylation sites is 2. The number of methoxy groups -OCH3 is 1. The Balaban J connectivity index is 0.000000789. The van der Waals surface area contributed by atoms with Crippen LogP contribution in [0.5, 0.6) is 0 Å². The first-order valence-electron chi connectivity index (χ1n) is 7.76. The number of fused-ring (bicyclic) bond motifs is 1. The fraction of sp³-hybridized carbons (Fsp3) is 0.444. The predicted molar refractivity (Wildman–Crippen MR) is 98.3 cm³/mol. The Hall–Kier alpha value is -2.10. The van der Waals surface area contributed by atoms with Crippen molar-refractivity contribution in [2.24, 2.45) is 10.1 Å². The lowest BCUT2D eigenvalue weighted by Gasteiger charge is -2.28. The molecular formula is C18H29N3O. The van der Waals surface area contributed by atoms with Gasteiger partial charge < -0.3 is 4.74 Å². The van der Waals surface area contributed by atoms with E-state index in [4.69, 9.17) is 4.74 Å². The van der Waals surface area contributed by atoms with Gasteiger partial charge in [-0.25, -0.2) is 10.0 Å². The number of rotatable bonds is 1. The van der Waals surface area contributed by atoms with Crippen LogP contribution in [-0.4, -0.2) is 19.7 Å². The number of hydrogen-bond donors (Lipinski definition) is 0. The molecule has 122 valence electrons. The van der Waals surface area contributed by atoms with E-state index in [0.717, 1.165) is 22.6 Å². The van der Waals surface area contributed by atoms with E-state index in [2.05, 4.69) is 30.7 Å². The Morgan fingerprint density at radius 3 is 2.23 bits per heavy atom. The molecule has 1 aromatic rings. The Bertz CT molecular complexity index is 529. The van der Waals surface area contributed by atoms with E-state index in [1.165, 1.54) is 6.42 Å². The molecule has 0 aliphatic carbocycles. The van der Waals surface area contributed by atoms with Crippen LogP contribution in [0.1, 0.15) is 48.0 Å². The van der Waals surface area contributed by atoms with Crippen LogP contribution in [0.3, 0.4) is 0 Å². The molecule has 0 radical (unpaired) electrons. The molecule has 0 bridgehead atoms. The van der Waals surface area contributed by atoms with Gasteiger partial charge in [0.15, 0.2) is 0 Å². The molecule has 2 rings (SSSR count). The first-order valence-corrected chi connectivity index (χ1v) is 7.76. The average Bonchev–Trinajstić information content (AvgIpc) is 2.55. The van der Waals surface area contributed by atoms with Gasteiger partial charge in [0.2, 0.25) is 5.90 Å².